The number of nitrogens with two attached hydrogens (primary N) is 1. The summed E-state index contributed by atoms with van der Waals surface area (Å²) in [6.07, 6.45) is 3.11. The Morgan fingerprint density at radius 1 is 1.58 bits per heavy atom. The van der Waals surface area contributed by atoms with E-state index in [0.717, 1.165) is 31.8 Å². The number of hydrogen-bond acceptors (Lipinski definition) is 5. The summed E-state index contributed by atoms with van der Waals surface area (Å²) in [7, 11) is 3.47. The van der Waals surface area contributed by atoms with Gasteiger partial charge < -0.3 is 19.9 Å². The highest BCUT2D eigenvalue weighted by atomic mass is 16.5. The number of ether oxygens (including phenoxy) is 1. The number of likely N-dealkylation sites (N-methyl/N-ethyl adjacent to an activating group) is 1. The van der Waals surface area contributed by atoms with Gasteiger partial charge in [0.25, 0.3) is 0 Å². The summed E-state index contributed by atoms with van der Waals surface area (Å²) in [4.78, 5) is 18.3. The van der Waals surface area contributed by atoms with E-state index in [4.69, 9.17) is 10.5 Å². The van der Waals surface area contributed by atoms with Gasteiger partial charge in [0.05, 0.1) is 7.11 Å². The normalized spacial score (nSPS) is 19.8. The number of nitrogens with zero attached hydrogens (tertiary/aromatic N) is 3. The zero-order valence-electron chi connectivity index (χ0n) is 11.8. The van der Waals surface area contributed by atoms with Crippen molar-refractivity contribution in [2.45, 2.75) is 38.8 Å². The first-order valence-corrected chi connectivity index (χ1v) is 6.71. The lowest BCUT2D eigenvalue weighted by atomic mass is 10.2. The first-order chi connectivity index (χ1) is 9.08. The molecular formula is C13H22N4O2. The molecule has 1 aliphatic heterocycles. The summed E-state index contributed by atoms with van der Waals surface area (Å²) in [5.41, 5.74) is 6.30. The van der Waals surface area contributed by atoms with Crippen LogP contribution in [0.4, 0.5) is 5.82 Å². The molecule has 1 unspecified atom stereocenters. The first-order valence-electron chi connectivity index (χ1n) is 6.71. The number of esters is 1. The van der Waals surface area contributed by atoms with Crippen LogP contribution >= 0.6 is 0 Å². The minimum absolute atomic E-state index is 0.236. The number of rotatable bonds is 4. The Morgan fingerprint density at radius 2 is 2.32 bits per heavy atom. The molecule has 106 valence electrons. The van der Waals surface area contributed by atoms with Crippen LogP contribution in [0.2, 0.25) is 0 Å². The van der Waals surface area contributed by atoms with Gasteiger partial charge in [-0.15, -0.1) is 0 Å². The molecule has 0 amide bonds. The second-order valence-electron chi connectivity index (χ2n) is 4.99. The lowest BCUT2D eigenvalue weighted by Gasteiger charge is -2.21. The third kappa shape index (κ3) is 2.58. The van der Waals surface area contributed by atoms with E-state index in [9.17, 15) is 4.79 Å². The zero-order valence-corrected chi connectivity index (χ0v) is 11.8. The largest absolute Gasteiger partial charge is 0.464 e. The smallest absolute Gasteiger partial charge is 0.360 e. The maximum Gasteiger partial charge on any atom is 0.360 e. The van der Waals surface area contributed by atoms with Crippen LogP contribution in [-0.4, -0.2) is 47.2 Å². The predicted octanol–water partition coefficient (Wildman–Crippen LogP) is 0.908. The number of carbonyl (C=O) groups excluding carboxylic acids is 1. The molecular weight excluding hydrogens is 244 g/mol. The molecule has 0 aromatic carbocycles. The van der Waals surface area contributed by atoms with Crippen LogP contribution in [0.25, 0.3) is 0 Å². The molecule has 1 fully saturated rings. The zero-order chi connectivity index (χ0) is 14.0. The highest BCUT2D eigenvalue weighted by molar-refractivity contribution is 5.92. The number of nitrogen functional groups attached to an aromatic ring is 1. The van der Waals surface area contributed by atoms with Crippen LogP contribution in [0.5, 0.6) is 0 Å². The molecule has 1 aromatic heterocycles. The van der Waals surface area contributed by atoms with Gasteiger partial charge >= 0.3 is 5.97 Å². The maximum absolute atomic E-state index is 11.6. The summed E-state index contributed by atoms with van der Waals surface area (Å²) in [6, 6.07) is 0.465. The number of carbonyl (C=O) groups is 1. The van der Waals surface area contributed by atoms with E-state index >= 15 is 0 Å². The fourth-order valence-electron chi connectivity index (χ4n) is 2.65. The Bertz CT molecular complexity index is 469. The quantitative estimate of drug-likeness (QED) is 0.820. The van der Waals surface area contributed by atoms with E-state index in [1.165, 1.54) is 13.5 Å². The molecule has 1 aromatic rings. The van der Waals surface area contributed by atoms with Crippen molar-refractivity contribution in [1.82, 2.24) is 14.5 Å². The van der Waals surface area contributed by atoms with Crippen LogP contribution in [0, 0.1) is 0 Å². The second kappa shape index (κ2) is 5.61. The molecule has 0 aliphatic carbocycles. The van der Waals surface area contributed by atoms with Crippen LogP contribution < -0.4 is 5.73 Å². The summed E-state index contributed by atoms with van der Waals surface area (Å²) in [6.45, 7) is 3.91. The molecule has 1 atom stereocenters. The van der Waals surface area contributed by atoms with E-state index in [1.807, 2.05) is 11.5 Å². The number of anilines is 1. The highest BCUT2D eigenvalue weighted by Gasteiger charge is 2.26. The number of aromatic nitrogens is 2. The second-order valence-corrected chi connectivity index (χ2v) is 4.99. The molecule has 0 radical (unpaired) electrons. The summed E-state index contributed by atoms with van der Waals surface area (Å²) in [5, 5.41) is 0. The van der Waals surface area contributed by atoms with Crippen molar-refractivity contribution >= 4 is 11.8 Å². The van der Waals surface area contributed by atoms with Crippen molar-refractivity contribution in [3.05, 3.63) is 11.5 Å². The van der Waals surface area contributed by atoms with E-state index in [0.29, 0.717) is 11.9 Å². The Labute approximate surface area is 113 Å². The fraction of sp³-hybridized carbons (Fsp3) is 0.692. The predicted molar refractivity (Wildman–Crippen MR) is 73.0 cm³/mol. The molecule has 2 N–H and O–H groups in total. The molecule has 6 heteroatoms. The number of likely N-dealkylation sites (tertiary alicyclic amines) is 1. The minimum atomic E-state index is -0.467. The van der Waals surface area contributed by atoms with Gasteiger partial charge in [0.1, 0.15) is 11.6 Å². The van der Waals surface area contributed by atoms with Crippen LogP contribution in [0.15, 0.2) is 0 Å². The topological polar surface area (TPSA) is 73.4 Å². The van der Waals surface area contributed by atoms with Gasteiger partial charge in [-0.1, -0.05) is 6.92 Å². The van der Waals surface area contributed by atoms with Crippen molar-refractivity contribution in [3.63, 3.8) is 0 Å². The summed E-state index contributed by atoms with van der Waals surface area (Å²) in [5.74, 6) is 0.799. The number of aryl methyl sites for hydroxylation is 1. The average Bonchev–Trinajstić information content (AvgIpc) is 2.95. The van der Waals surface area contributed by atoms with Gasteiger partial charge in [-0.25, -0.2) is 9.78 Å². The Balaban J connectivity index is 2.28. The molecule has 0 saturated carbocycles. The molecule has 1 saturated heterocycles. The third-order valence-corrected chi connectivity index (χ3v) is 3.85. The van der Waals surface area contributed by atoms with Gasteiger partial charge in [0.15, 0.2) is 5.69 Å². The lowest BCUT2D eigenvalue weighted by Crippen LogP contribution is -2.30. The van der Waals surface area contributed by atoms with E-state index < -0.39 is 5.97 Å². The van der Waals surface area contributed by atoms with Crippen molar-refractivity contribution in [2.75, 3.05) is 26.4 Å². The van der Waals surface area contributed by atoms with Gasteiger partial charge in [-0.3, -0.25) is 0 Å². The number of hydrogen-bond donors (Lipinski definition) is 1. The van der Waals surface area contributed by atoms with E-state index in [1.54, 1.807) is 0 Å². The van der Waals surface area contributed by atoms with Crippen molar-refractivity contribution in [1.29, 1.82) is 0 Å². The van der Waals surface area contributed by atoms with Crippen molar-refractivity contribution < 1.29 is 9.53 Å². The Kier molecular flexibility index (Phi) is 4.09. The maximum atomic E-state index is 11.6. The standard InChI is InChI=1S/C13H22N4O2/c1-4-10-15-11(13(18)19-3)12(14)17(10)8-9-6-5-7-16(9)2/h9H,4-8,14H2,1-3H3. The lowest BCUT2D eigenvalue weighted by molar-refractivity contribution is 0.0595. The molecule has 1 aliphatic rings. The highest BCUT2D eigenvalue weighted by Crippen LogP contribution is 2.22. The van der Waals surface area contributed by atoms with Crippen molar-refractivity contribution in [3.8, 4) is 0 Å². The SMILES string of the molecule is CCc1nc(C(=O)OC)c(N)n1CC1CCCN1C. The molecule has 2 heterocycles. The van der Waals surface area contributed by atoms with E-state index in [2.05, 4.69) is 16.9 Å². The average molecular weight is 266 g/mol. The molecule has 6 nitrogen and oxygen atoms in total. The van der Waals surface area contributed by atoms with Crippen LogP contribution in [-0.2, 0) is 17.7 Å². The number of imidazole rings is 1. The van der Waals surface area contributed by atoms with Gasteiger partial charge in [-0.2, -0.15) is 0 Å². The summed E-state index contributed by atoms with van der Waals surface area (Å²) >= 11 is 0. The van der Waals surface area contributed by atoms with Crippen LogP contribution in [0.1, 0.15) is 36.1 Å². The van der Waals surface area contributed by atoms with E-state index in [-0.39, 0.29) is 5.69 Å². The fourth-order valence-corrected chi connectivity index (χ4v) is 2.65. The minimum Gasteiger partial charge on any atom is -0.464 e. The summed E-state index contributed by atoms with van der Waals surface area (Å²) < 4.78 is 6.67. The van der Waals surface area contributed by atoms with Gasteiger partial charge in [-0.05, 0) is 26.4 Å². The van der Waals surface area contributed by atoms with Crippen molar-refractivity contribution in [2.24, 2.45) is 0 Å². The van der Waals surface area contributed by atoms with Gasteiger partial charge in [0, 0.05) is 19.0 Å². The first kappa shape index (κ1) is 13.9. The van der Waals surface area contributed by atoms with Crippen LogP contribution in [0.3, 0.4) is 0 Å². The molecule has 2 rings (SSSR count). The number of methoxy groups -OCH3 is 1. The Hall–Kier alpha value is -1.56. The van der Waals surface area contributed by atoms with Gasteiger partial charge in [0.2, 0.25) is 0 Å². The molecule has 0 bridgehead atoms. The third-order valence-electron chi connectivity index (χ3n) is 3.85. The molecule has 19 heavy (non-hydrogen) atoms. The molecule has 0 spiro atoms. The Morgan fingerprint density at radius 3 is 2.84 bits per heavy atom. The monoisotopic (exact) mass is 266 g/mol.